The zero-order valence-corrected chi connectivity index (χ0v) is 13.1. The molecule has 2 rings (SSSR count). The van der Waals surface area contributed by atoms with Gasteiger partial charge in [0.05, 0.1) is 0 Å². The molecule has 1 aromatic carbocycles. The summed E-state index contributed by atoms with van der Waals surface area (Å²) >= 11 is 0. The molecule has 3 N–H and O–H groups in total. The molecule has 1 aliphatic carbocycles. The summed E-state index contributed by atoms with van der Waals surface area (Å²) in [4.78, 5) is 14.4. The number of nitrogens with one attached hydrogen (secondary N) is 1. The molecule has 0 aromatic heterocycles. The first-order chi connectivity index (χ1) is 10.1. The molecule has 4 nitrogen and oxygen atoms in total. The van der Waals surface area contributed by atoms with E-state index < -0.39 is 0 Å². The van der Waals surface area contributed by atoms with Gasteiger partial charge in [-0.1, -0.05) is 44.9 Å². The van der Waals surface area contributed by atoms with Gasteiger partial charge in [0, 0.05) is 24.7 Å². The topological polar surface area (TPSA) is 58.4 Å². The van der Waals surface area contributed by atoms with Crippen LogP contribution in [0.4, 0.5) is 0 Å². The van der Waals surface area contributed by atoms with Crippen LogP contribution in [0.2, 0.25) is 0 Å². The SMILES string of the molecule is CC(C)CN(Cc1ccccc1C(=O)NN)C1CCCC1. The van der Waals surface area contributed by atoms with E-state index in [0.717, 1.165) is 18.7 Å². The Hall–Kier alpha value is -1.39. The van der Waals surface area contributed by atoms with E-state index in [0.29, 0.717) is 17.5 Å². The second kappa shape index (κ2) is 7.57. The number of nitrogen functional groups attached to an aromatic ring is 1. The van der Waals surface area contributed by atoms with Crippen LogP contribution in [0.15, 0.2) is 24.3 Å². The number of carbonyl (C=O) groups is 1. The molecule has 1 aromatic rings. The van der Waals surface area contributed by atoms with Crippen LogP contribution in [-0.4, -0.2) is 23.4 Å². The first-order valence-corrected chi connectivity index (χ1v) is 7.94. The van der Waals surface area contributed by atoms with Gasteiger partial charge in [0.2, 0.25) is 0 Å². The van der Waals surface area contributed by atoms with Crippen LogP contribution in [-0.2, 0) is 6.54 Å². The largest absolute Gasteiger partial charge is 0.296 e. The van der Waals surface area contributed by atoms with E-state index >= 15 is 0 Å². The van der Waals surface area contributed by atoms with E-state index in [2.05, 4.69) is 24.2 Å². The number of nitrogens with zero attached hydrogens (tertiary/aromatic N) is 1. The second-order valence-electron chi connectivity index (χ2n) is 6.39. The minimum Gasteiger partial charge on any atom is -0.296 e. The van der Waals surface area contributed by atoms with Crippen molar-refractivity contribution in [3.8, 4) is 0 Å². The molecular formula is C17H27N3O. The fourth-order valence-electron chi connectivity index (χ4n) is 3.26. The van der Waals surface area contributed by atoms with Crippen molar-refractivity contribution in [1.82, 2.24) is 10.3 Å². The van der Waals surface area contributed by atoms with E-state index in [1.807, 2.05) is 24.3 Å². The van der Waals surface area contributed by atoms with Gasteiger partial charge in [-0.05, 0) is 30.4 Å². The lowest BCUT2D eigenvalue weighted by atomic mass is 10.0. The molecule has 1 amide bonds. The molecule has 1 aliphatic rings. The van der Waals surface area contributed by atoms with Crippen molar-refractivity contribution < 1.29 is 4.79 Å². The summed E-state index contributed by atoms with van der Waals surface area (Å²) in [6.07, 6.45) is 5.20. The normalized spacial score (nSPS) is 15.9. The maximum absolute atomic E-state index is 11.9. The zero-order chi connectivity index (χ0) is 15.2. The van der Waals surface area contributed by atoms with Gasteiger partial charge < -0.3 is 0 Å². The van der Waals surface area contributed by atoms with Gasteiger partial charge in [0.1, 0.15) is 0 Å². The third-order valence-electron chi connectivity index (χ3n) is 4.21. The Morgan fingerprint density at radius 3 is 2.62 bits per heavy atom. The minimum atomic E-state index is -0.207. The molecule has 0 radical (unpaired) electrons. The van der Waals surface area contributed by atoms with Crippen molar-refractivity contribution in [2.45, 2.75) is 52.1 Å². The van der Waals surface area contributed by atoms with Crippen LogP contribution in [0.5, 0.6) is 0 Å². The molecule has 0 bridgehead atoms. The Morgan fingerprint density at radius 1 is 1.33 bits per heavy atom. The fraction of sp³-hybridized carbons (Fsp3) is 0.588. The summed E-state index contributed by atoms with van der Waals surface area (Å²) in [5, 5.41) is 0. The van der Waals surface area contributed by atoms with Crippen molar-refractivity contribution in [3.63, 3.8) is 0 Å². The summed E-state index contributed by atoms with van der Waals surface area (Å²) in [6.45, 7) is 6.40. The van der Waals surface area contributed by atoms with Gasteiger partial charge in [-0.25, -0.2) is 5.84 Å². The van der Waals surface area contributed by atoms with E-state index in [4.69, 9.17) is 5.84 Å². The molecule has 1 saturated carbocycles. The number of hydrogen-bond acceptors (Lipinski definition) is 3. The minimum absolute atomic E-state index is 0.207. The molecule has 0 aliphatic heterocycles. The van der Waals surface area contributed by atoms with Crippen LogP contribution >= 0.6 is 0 Å². The molecule has 116 valence electrons. The Labute approximate surface area is 127 Å². The van der Waals surface area contributed by atoms with Gasteiger partial charge in [-0.15, -0.1) is 0 Å². The smallest absolute Gasteiger partial charge is 0.265 e. The van der Waals surface area contributed by atoms with E-state index in [-0.39, 0.29) is 5.91 Å². The number of benzene rings is 1. The van der Waals surface area contributed by atoms with Crippen LogP contribution in [0.25, 0.3) is 0 Å². The summed E-state index contributed by atoms with van der Waals surface area (Å²) in [7, 11) is 0. The van der Waals surface area contributed by atoms with Crippen LogP contribution in [0, 0.1) is 5.92 Å². The summed E-state index contributed by atoms with van der Waals surface area (Å²) in [5.41, 5.74) is 4.00. The average Bonchev–Trinajstić information content (AvgIpc) is 3.00. The van der Waals surface area contributed by atoms with Gasteiger partial charge in [-0.3, -0.25) is 15.1 Å². The number of hydrazine groups is 1. The van der Waals surface area contributed by atoms with Crippen molar-refractivity contribution in [3.05, 3.63) is 35.4 Å². The highest BCUT2D eigenvalue weighted by molar-refractivity contribution is 5.95. The second-order valence-corrected chi connectivity index (χ2v) is 6.39. The number of rotatable bonds is 6. The zero-order valence-electron chi connectivity index (χ0n) is 13.1. The lowest BCUT2D eigenvalue weighted by Gasteiger charge is -2.31. The summed E-state index contributed by atoms with van der Waals surface area (Å²) < 4.78 is 0. The van der Waals surface area contributed by atoms with Gasteiger partial charge in [0.15, 0.2) is 0 Å². The predicted octanol–water partition coefficient (Wildman–Crippen LogP) is 2.69. The highest BCUT2D eigenvalue weighted by Crippen LogP contribution is 2.26. The van der Waals surface area contributed by atoms with Crippen molar-refractivity contribution >= 4 is 5.91 Å². The number of hydrogen-bond donors (Lipinski definition) is 2. The van der Waals surface area contributed by atoms with E-state index in [9.17, 15) is 4.79 Å². The number of amides is 1. The number of carbonyl (C=O) groups excluding carboxylic acids is 1. The maximum Gasteiger partial charge on any atom is 0.265 e. The molecule has 0 saturated heterocycles. The van der Waals surface area contributed by atoms with Crippen LogP contribution in [0.3, 0.4) is 0 Å². The molecular weight excluding hydrogens is 262 g/mol. The lowest BCUT2D eigenvalue weighted by molar-refractivity contribution is 0.0950. The van der Waals surface area contributed by atoms with Crippen molar-refractivity contribution in [2.24, 2.45) is 11.8 Å². The Balaban J connectivity index is 2.17. The molecule has 0 heterocycles. The molecule has 0 atom stereocenters. The number of nitrogens with two attached hydrogens (primary N) is 1. The van der Waals surface area contributed by atoms with Crippen molar-refractivity contribution in [1.29, 1.82) is 0 Å². The standard InChI is InChI=1S/C17H27N3O/c1-13(2)11-20(15-8-4-5-9-15)12-14-7-3-6-10-16(14)17(21)19-18/h3,6-7,10,13,15H,4-5,8-9,11-12,18H2,1-2H3,(H,19,21). The highest BCUT2D eigenvalue weighted by Gasteiger charge is 2.24. The van der Waals surface area contributed by atoms with Gasteiger partial charge >= 0.3 is 0 Å². The monoisotopic (exact) mass is 289 g/mol. The van der Waals surface area contributed by atoms with E-state index in [1.165, 1.54) is 25.7 Å². The molecule has 0 unspecified atom stereocenters. The predicted molar refractivity (Wildman–Crippen MR) is 85.6 cm³/mol. The molecule has 0 spiro atoms. The quantitative estimate of drug-likeness (QED) is 0.481. The molecule has 1 fully saturated rings. The third-order valence-corrected chi connectivity index (χ3v) is 4.21. The van der Waals surface area contributed by atoms with Gasteiger partial charge in [-0.2, -0.15) is 0 Å². The van der Waals surface area contributed by atoms with Crippen molar-refractivity contribution in [2.75, 3.05) is 6.54 Å². The first kappa shape index (κ1) is 16.0. The van der Waals surface area contributed by atoms with Crippen LogP contribution < -0.4 is 11.3 Å². The Bertz CT molecular complexity index is 467. The molecule has 4 heteroatoms. The lowest BCUT2D eigenvalue weighted by Crippen LogP contribution is -2.37. The third kappa shape index (κ3) is 4.29. The highest BCUT2D eigenvalue weighted by atomic mass is 16.2. The maximum atomic E-state index is 11.9. The summed E-state index contributed by atoms with van der Waals surface area (Å²) in [6, 6.07) is 8.41. The van der Waals surface area contributed by atoms with E-state index in [1.54, 1.807) is 0 Å². The van der Waals surface area contributed by atoms with Crippen LogP contribution in [0.1, 0.15) is 55.5 Å². The van der Waals surface area contributed by atoms with Gasteiger partial charge in [0.25, 0.3) is 5.91 Å². The Kier molecular flexibility index (Phi) is 5.76. The first-order valence-electron chi connectivity index (χ1n) is 7.94. The summed E-state index contributed by atoms with van der Waals surface area (Å²) in [5.74, 6) is 5.71. The Morgan fingerprint density at radius 2 is 2.00 bits per heavy atom. The average molecular weight is 289 g/mol. The fourth-order valence-corrected chi connectivity index (χ4v) is 3.26. The molecule has 21 heavy (non-hydrogen) atoms.